The molecule has 0 aliphatic rings. The van der Waals surface area contributed by atoms with Crippen LogP contribution in [0, 0.1) is 11.6 Å². The van der Waals surface area contributed by atoms with Crippen molar-refractivity contribution in [3.63, 3.8) is 0 Å². The highest BCUT2D eigenvalue weighted by Crippen LogP contribution is 2.22. The van der Waals surface area contributed by atoms with Gasteiger partial charge < -0.3 is 21.3 Å². The van der Waals surface area contributed by atoms with Gasteiger partial charge in [0.15, 0.2) is 0 Å². The topological polar surface area (TPSA) is 116 Å². The SMILES string of the molecule is O=C(CCC(=O)Nc1cccc(C(=O)Nc2ccc(F)c(Cl)c2)c1)Nc1cccc(C(=O)Nc2ccc(F)c(Cl)c2)c1. The third-order valence-corrected chi connectivity index (χ3v) is 6.33. The molecule has 0 radical (unpaired) electrons. The molecule has 4 N–H and O–H groups in total. The first-order valence-corrected chi connectivity index (χ1v) is 13.2. The summed E-state index contributed by atoms with van der Waals surface area (Å²) in [6, 6.07) is 19.8. The van der Waals surface area contributed by atoms with E-state index in [1.165, 1.54) is 48.5 Å². The number of carbonyl (C=O) groups is 4. The minimum atomic E-state index is -0.612. The molecule has 0 fully saturated rings. The van der Waals surface area contributed by atoms with E-state index in [0.29, 0.717) is 22.7 Å². The summed E-state index contributed by atoms with van der Waals surface area (Å²) in [5.41, 5.74) is 1.75. The highest BCUT2D eigenvalue weighted by molar-refractivity contribution is 6.31. The average molecular weight is 611 g/mol. The van der Waals surface area contributed by atoms with Crippen molar-refractivity contribution in [1.29, 1.82) is 0 Å². The summed E-state index contributed by atoms with van der Waals surface area (Å²) in [6.07, 6.45) is -0.302. The smallest absolute Gasteiger partial charge is 0.255 e. The number of amides is 4. The Morgan fingerprint density at radius 3 is 1.29 bits per heavy atom. The molecule has 0 spiro atoms. The number of hydrogen-bond donors (Lipinski definition) is 4. The van der Waals surface area contributed by atoms with Gasteiger partial charge in [-0.25, -0.2) is 8.78 Å². The van der Waals surface area contributed by atoms with Gasteiger partial charge in [0.1, 0.15) is 11.6 Å². The van der Waals surface area contributed by atoms with Crippen molar-refractivity contribution in [2.45, 2.75) is 12.8 Å². The Morgan fingerprint density at radius 2 is 0.905 bits per heavy atom. The molecule has 8 nitrogen and oxygen atoms in total. The van der Waals surface area contributed by atoms with E-state index < -0.39 is 35.3 Å². The number of rotatable bonds is 9. The fourth-order valence-corrected chi connectivity index (χ4v) is 4.07. The largest absolute Gasteiger partial charge is 0.326 e. The molecular formula is C30H22Cl2F2N4O4. The van der Waals surface area contributed by atoms with E-state index in [-0.39, 0.29) is 34.0 Å². The number of carbonyl (C=O) groups excluding carboxylic acids is 4. The molecule has 0 heterocycles. The van der Waals surface area contributed by atoms with Crippen LogP contribution in [0.2, 0.25) is 10.0 Å². The number of anilines is 4. The Morgan fingerprint density at radius 1 is 0.524 bits per heavy atom. The van der Waals surface area contributed by atoms with Gasteiger partial charge in [0.2, 0.25) is 11.8 Å². The van der Waals surface area contributed by atoms with Crippen LogP contribution in [-0.4, -0.2) is 23.6 Å². The molecule has 4 amide bonds. The van der Waals surface area contributed by atoms with Gasteiger partial charge in [-0.05, 0) is 72.8 Å². The van der Waals surface area contributed by atoms with Gasteiger partial charge in [-0.2, -0.15) is 0 Å². The number of halogens is 4. The minimum Gasteiger partial charge on any atom is -0.326 e. The zero-order valence-electron chi connectivity index (χ0n) is 21.6. The summed E-state index contributed by atoms with van der Waals surface area (Å²) in [7, 11) is 0. The van der Waals surface area contributed by atoms with Crippen molar-refractivity contribution >= 4 is 69.6 Å². The number of nitrogens with one attached hydrogen (secondary N) is 4. The molecule has 4 aromatic carbocycles. The number of hydrogen-bond acceptors (Lipinski definition) is 4. The van der Waals surface area contributed by atoms with Gasteiger partial charge in [0.05, 0.1) is 10.0 Å². The maximum absolute atomic E-state index is 13.4. The van der Waals surface area contributed by atoms with Crippen molar-refractivity contribution in [3.05, 3.63) is 118 Å². The fourth-order valence-electron chi connectivity index (χ4n) is 3.70. The molecular weight excluding hydrogens is 589 g/mol. The Kier molecular flexibility index (Phi) is 9.85. The first kappa shape index (κ1) is 30.2. The van der Waals surface area contributed by atoms with Crippen LogP contribution < -0.4 is 21.3 Å². The molecule has 0 aliphatic carbocycles. The van der Waals surface area contributed by atoms with Crippen LogP contribution in [0.25, 0.3) is 0 Å². The van der Waals surface area contributed by atoms with Gasteiger partial charge in [0, 0.05) is 46.7 Å². The summed E-state index contributed by atoms with van der Waals surface area (Å²) in [4.78, 5) is 50.0. The molecule has 4 aromatic rings. The van der Waals surface area contributed by atoms with Crippen molar-refractivity contribution in [2.75, 3.05) is 21.3 Å². The lowest BCUT2D eigenvalue weighted by Crippen LogP contribution is -2.18. The summed E-state index contributed by atoms with van der Waals surface area (Å²) in [6.45, 7) is 0. The zero-order valence-corrected chi connectivity index (χ0v) is 23.2. The molecule has 0 saturated carbocycles. The molecule has 42 heavy (non-hydrogen) atoms. The van der Waals surface area contributed by atoms with Gasteiger partial charge >= 0.3 is 0 Å². The second-order valence-corrected chi connectivity index (χ2v) is 9.74. The second-order valence-electron chi connectivity index (χ2n) is 8.92. The monoisotopic (exact) mass is 610 g/mol. The van der Waals surface area contributed by atoms with Gasteiger partial charge in [-0.1, -0.05) is 35.3 Å². The van der Waals surface area contributed by atoms with Crippen LogP contribution in [0.1, 0.15) is 33.6 Å². The molecule has 0 saturated heterocycles. The Bertz CT molecular complexity index is 1560. The molecule has 214 valence electrons. The third kappa shape index (κ3) is 8.35. The van der Waals surface area contributed by atoms with Crippen molar-refractivity contribution in [2.24, 2.45) is 0 Å². The maximum atomic E-state index is 13.4. The maximum Gasteiger partial charge on any atom is 0.255 e. The first-order valence-electron chi connectivity index (χ1n) is 12.4. The highest BCUT2D eigenvalue weighted by Gasteiger charge is 2.13. The summed E-state index contributed by atoms with van der Waals surface area (Å²) < 4.78 is 26.7. The predicted molar refractivity (Wildman–Crippen MR) is 158 cm³/mol. The Hall–Kier alpha value is -4.80. The molecule has 12 heteroatoms. The van der Waals surface area contributed by atoms with Crippen LogP contribution in [0.15, 0.2) is 84.9 Å². The molecule has 4 rings (SSSR count). The molecule has 0 aliphatic heterocycles. The summed E-state index contributed by atoms with van der Waals surface area (Å²) >= 11 is 11.5. The zero-order chi connectivity index (χ0) is 30.2. The van der Waals surface area contributed by atoms with Crippen LogP contribution in [0.4, 0.5) is 31.5 Å². The first-order chi connectivity index (χ1) is 20.1. The van der Waals surface area contributed by atoms with E-state index in [1.54, 1.807) is 24.3 Å². The standard InChI is InChI=1S/C30H22Cl2F2N4O4/c31-23-15-21(7-9-25(23)33)37-29(41)17-3-1-5-19(13-17)35-27(39)11-12-28(40)36-20-6-2-4-18(14-20)30(42)38-22-8-10-26(34)24(32)16-22/h1-10,13-16H,11-12H2,(H,35,39)(H,36,40)(H,37,41)(H,38,42). The molecule has 0 unspecified atom stereocenters. The molecule has 0 bridgehead atoms. The van der Waals surface area contributed by atoms with E-state index in [9.17, 15) is 28.0 Å². The van der Waals surface area contributed by atoms with Crippen LogP contribution >= 0.6 is 23.2 Å². The van der Waals surface area contributed by atoms with Crippen molar-refractivity contribution in [3.8, 4) is 0 Å². The number of benzene rings is 4. The quantitative estimate of drug-likeness (QED) is 0.161. The second kappa shape index (κ2) is 13.7. The lowest BCUT2D eigenvalue weighted by Gasteiger charge is -2.10. The Balaban J connectivity index is 1.27. The summed E-state index contributed by atoms with van der Waals surface area (Å²) in [5.74, 6) is -3.13. The molecule has 0 aromatic heterocycles. The van der Waals surface area contributed by atoms with E-state index in [2.05, 4.69) is 21.3 Å². The van der Waals surface area contributed by atoms with E-state index >= 15 is 0 Å². The van der Waals surface area contributed by atoms with E-state index in [4.69, 9.17) is 23.2 Å². The summed E-state index contributed by atoms with van der Waals surface area (Å²) in [5, 5.41) is 10.2. The lowest BCUT2D eigenvalue weighted by atomic mass is 10.1. The molecule has 0 atom stereocenters. The lowest BCUT2D eigenvalue weighted by molar-refractivity contribution is -0.121. The predicted octanol–water partition coefficient (Wildman–Crippen LogP) is 7.13. The highest BCUT2D eigenvalue weighted by atomic mass is 35.5. The fraction of sp³-hybridized carbons (Fsp3) is 0.0667. The normalized spacial score (nSPS) is 10.5. The van der Waals surface area contributed by atoms with E-state index in [0.717, 1.165) is 12.1 Å². The van der Waals surface area contributed by atoms with Crippen LogP contribution in [0.5, 0.6) is 0 Å². The van der Waals surface area contributed by atoms with Crippen molar-refractivity contribution < 1.29 is 28.0 Å². The minimum absolute atomic E-state index is 0.135. The van der Waals surface area contributed by atoms with Gasteiger partial charge in [-0.3, -0.25) is 19.2 Å². The van der Waals surface area contributed by atoms with Crippen LogP contribution in [-0.2, 0) is 9.59 Å². The Labute approximate surface area is 249 Å². The van der Waals surface area contributed by atoms with Crippen molar-refractivity contribution in [1.82, 2.24) is 0 Å². The van der Waals surface area contributed by atoms with Crippen LogP contribution in [0.3, 0.4) is 0 Å². The van der Waals surface area contributed by atoms with Gasteiger partial charge in [0.25, 0.3) is 11.8 Å². The average Bonchev–Trinajstić information content (AvgIpc) is 2.96. The van der Waals surface area contributed by atoms with E-state index in [1.807, 2.05) is 0 Å². The third-order valence-electron chi connectivity index (χ3n) is 5.75. The van der Waals surface area contributed by atoms with Gasteiger partial charge in [-0.15, -0.1) is 0 Å².